The Morgan fingerprint density at radius 1 is 1.30 bits per heavy atom. The lowest BCUT2D eigenvalue weighted by molar-refractivity contribution is 0.142. The molecule has 0 spiro atoms. The molecule has 2 amide bonds. The molecular weight excluding hydrogens is 415 g/mol. The van der Waals surface area contributed by atoms with Crippen LogP contribution in [0.5, 0.6) is 5.75 Å². The van der Waals surface area contributed by atoms with E-state index in [1.54, 1.807) is 12.1 Å². The summed E-state index contributed by atoms with van der Waals surface area (Å²) in [6.45, 7) is 1.07. The molecule has 2 aromatic carbocycles. The summed E-state index contributed by atoms with van der Waals surface area (Å²) in [7, 11) is 0. The van der Waals surface area contributed by atoms with E-state index in [0.717, 1.165) is 6.42 Å². The molecule has 1 aliphatic heterocycles. The van der Waals surface area contributed by atoms with Gasteiger partial charge < -0.3 is 20.1 Å². The van der Waals surface area contributed by atoms with Gasteiger partial charge >= 0.3 is 6.03 Å². The Morgan fingerprint density at radius 2 is 2.17 bits per heavy atom. The van der Waals surface area contributed by atoms with Gasteiger partial charge in [-0.05, 0) is 24.3 Å². The number of nitrogens with two attached hydrogens (primary N) is 1. The van der Waals surface area contributed by atoms with Crippen molar-refractivity contribution in [2.45, 2.75) is 12.5 Å². The third kappa shape index (κ3) is 4.35. The van der Waals surface area contributed by atoms with Crippen molar-refractivity contribution in [1.82, 2.24) is 15.4 Å². The van der Waals surface area contributed by atoms with Crippen molar-refractivity contribution >= 4 is 45.7 Å². The monoisotopic (exact) mass is 432 g/mol. The van der Waals surface area contributed by atoms with Gasteiger partial charge in [-0.15, -0.1) is 0 Å². The number of nitrogens with one attached hydrogen (secondary N) is 3. The zero-order valence-corrected chi connectivity index (χ0v) is 16.4. The van der Waals surface area contributed by atoms with Gasteiger partial charge in [0.1, 0.15) is 29.8 Å². The smallest absolute Gasteiger partial charge is 0.333 e. The summed E-state index contributed by atoms with van der Waals surface area (Å²) in [5, 5.41) is 6.30. The number of amides is 2. The van der Waals surface area contributed by atoms with Gasteiger partial charge in [-0.2, -0.15) is 0 Å². The Kier molecular flexibility index (Phi) is 5.79. The summed E-state index contributed by atoms with van der Waals surface area (Å²) >= 11 is 5.86. The maximum absolute atomic E-state index is 13.4. The summed E-state index contributed by atoms with van der Waals surface area (Å²) in [5.41, 5.74) is 3.52. The number of rotatable bonds is 5. The van der Waals surface area contributed by atoms with E-state index in [2.05, 4.69) is 20.6 Å². The van der Waals surface area contributed by atoms with Crippen LogP contribution in [-0.4, -0.2) is 35.3 Å². The highest BCUT2D eigenvalue weighted by Gasteiger charge is 2.21. The minimum atomic E-state index is -0.612. The van der Waals surface area contributed by atoms with Crippen molar-refractivity contribution in [3.05, 3.63) is 47.5 Å². The fourth-order valence-electron chi connectivity index (χ4n) is 3.03. The van der Waals surface area contributed by atoms with E-state index in [-0.39, 0.29) is 11.1 Å². The standard InChI is InChI=1S/C19H18ClFN6O3/c20-13-5-10(1-2-14(13)21)25-18-12-6-16(26-19(28)27-22)17(7-15(12)23-9-24-18)30-11-3-4-29-8-11/h1-2,5-7,9,11H,3-4,8,22H2,(H,23,24,25)(H2,26,27,28)/t11-/m0/s1. The third-order valence-corrected chi connectivity index (χ3v) is 4.77. The number of carbonyl (C=O) groups is 1. The van der Waals surface area contributed by atoms with Crippen LogP contribution in [0.3, 0.4) is 0 Å². The van der Waals surface area contributed by atoms with Crippen LogP contribution in [0.4, 0.5) is 26.4 Å². The average Bonchev–Trinajstić information content (AvgIpc) is 3.24. The molecule has 5 N–H and O–H groups in total. The lowest BCUT2D eigenvalue weighted by Crippen LogP contribution is -2.34. The van der Waals surface area contributed by atoms with Crippen molar-refractivity contribution in [3.63, 3.8) is 0 Å². The van der Waals surface area contributed by atoms with E-state index in [1.165, 1.54) is 24.5 Å². The number of urea groups is 1. The fourth-order valence-corrected chi connectivity index (χ4v) is 3.21. The van der Waals surface area contributed by atoms with Gasteiger partial charge in [0.05, 0.1) is 29.4 Å². The molecule has 1 atom stereocenters. The number of benzene rings is 2. The fraction of sp³-hybridized carbons (Fsp3) is 0.211. The molecule has 0 aliphatic carbocycles. The van der Waals surface area contributed by atoms with Gasteiger partial charge in [0, 0.05) is 23.6 Å². The number of hydrogen-bond acceptors (Lipinski definition) is 7. The molecule has 1 aromatic heterocycles. The lowest BCUT2D eigenvalue weighted by atomic mass is 10.1. The van der Waals surface area contributed by atoms with E-state index in [0.29, 0.717) is 47.1 Å². The molecule has 30 heavy (non-hydrogen) atoms. The summed E-state index contributed by atoms with van der Waals surface area (Å²) in [6, 6.07) is 6.99. The molecule has 4 rings (SSSR count). The molecule has 0 unspecified atom stereocenters. The Labute approximate surface area is 175 Å². The number of hydrogen-bond donors (Lipinski definition) is 4. The first-order valence-corrected chi connectivity index (χ1v) is 9.44. The third-order valence-electron chi connectivity index (χ3n) is 4.48. The SMILES string of the molecule is NNC(=O)Nc1cc2c(Nc3ccc(F)c(Cl)c3)ncnc2cc1O[C@H]1CCOC1. The lowest BCUT2D eigenvalue weighted by Gasteiger charge is -2.18. The number of anilines is 3. The molecule has 0 saturated carbocycles. The minimum Gasteiger partial charge on any atom is -0.486 e. The van der Waals surface area contributed by atoms with Crippen LogP contribution in [0.1, 0.15) is 6.42 Å². The van der Waals surface area contributed by atoms with E-state index < -0.39 is 11.8 Å². The molecule has 1 aliphatic rings. The molecular formula is C19H18ClFN6O3. The minimum absolute atomic E-state index is 0.0187. The van der Waals surface area contributed by atoms with E-state index in [4.69, 9.17) is 26.9 Å². The first-order valence-electron chi connectivity index (χ1n) is 9.06. The van der Waals surface area contributed by atoms with Crippen molar-refractivity contribution in [2.75, 3.05) is 23.8 Å². The summed E-state index contributed by atoms with van der Waals surface area (Å²) < 4.78 is 24.8. The molecule has 11 heteroatoms. The van der Waals surface area contributed by atoms with Gasteiger partial charge in [-0.1, -0.05) is 11.6 Å². The summed E-state index contributed by atoms with van der Waals surface area (Å²) in [4.78, 5) is 20.4. The van der Waals surface area contributed by atoms with Crippen LogP contribution in [-0.2, 0) is 4.74 Å². The first kappa shape index (κ1) is 20.1. The highest BCUT2D eigenvalue weighted by molar-refractivity contribution is 6.31. The van der Waals surface area contributed by atoms with Crippen molar-refractivity contribution in [3.8, 4) is 5.75 Å². The predicted octanol–water partition coefficient (Wildman–Crippen LogP) is 3.33. The van der Waals surface area contributed by atoms with Crippen LogP contribution in [0.2, 0.25) is 5.02 Å². The van der Waals surface area contributed by atoms with Crippen LogP contribution in [0.25, 0.3) is 10.9 Å². The predicted molar refractivity (Wildman–Crippen MR) is 110 cm³/mol. The van der Waals surface area contributed by atoms with E-state index in [1.807, 2.05) is 5.43 Å². The molecule has 0 bridgehead atoms. The second kappa shape index (κ2) is 8.66. The molecule has 3 aromatic rings. The van der Waals surface area contributed by atoms with Gasteiger partial charge in [0.25, 0.3) is 0 Å². The zero-order valence-electron chi connectivity index (χ0n) is 15.6. The largest absolute Gasteiger partial charge is 0.486 e. The average molecular weight is 433 g/mol. The van der Waals surface area contributed by atoms with Crippen LogP contribution < -0.4 is 26.6 Å². The second-order valence-corrected chi connectivity index (χ2v) is 6.95. The second-order valence-electron chi connectivity index (χ2n) is 6.54. The van der Waals surface area contributed by atoms with Gasteiger partial charge in [0.2, 0.25) is 0 Å². The summed E-state index contributed by atoms with van der Waals surface area (Å²) in [5.74, 6) is 5.55. The topological polar surface area (TPSA) is 123 Å². The molecule has 1 fully saturated rings. The highest BCUT2D eigenvalue weighted by atomic mass is 35.5. The van der Waals surface area contributed by atoms with Crippen LogP contribution in [0.15, 0.2) is 36.7 Å². The Bertz CT molecular complexity index is 1090. The number of hydrazine groups is 1. The van der Waals surface area contributed by atoms with Crippen LogP contribution in [0, 0.1) is 5.82 Å². The molecule has 1 saturated heterocycles. The number of halogens is 2. The maximum Gasteiger partial charge on any atom is 0.333 e. The van der Waals surface area contributed by atoms with Crippen molar-refractivity contribution in [1.29, 1.82) is 0 Å². The number of aromatic nitrogens is 2. The number of fused-ring (bicyclic) bond motifs is 1. The highest BCUT2D eigenvalue weighted by Crippen LogP contribution is 2.35. The number of carbonyl (C=O) groups excluding carboxylic acids is 1. The summed E-state index contributed by atoms with van der Waals surface area (Å²) in [6.07, 6.45) is 1.99. The van der Waals surface area contributed by atoms with E-state index >= 15 is 0 Å². The normalized spacial score (nSPS) is 15.8. The van der Waals surface area contributed by atoms with Crippen molar-refractivity contribution in [2.24, 2.45) is 5.84 Å². The van der Waals surface area contributed by atoms with Gasteiger partial charge in [-0.3, -0.25) is 5.43 Å². The van der Waals surface area contributed by atoms with Crippen molar-refractivity contribution < 1.29 is 18.7 Å². The van der Waals surface area contributed by atoms with E-state index in [9.17, 15) is 9.18 Å². The maximum atomic E-state index is 13.4. The molecule has 156 valence electrons. The Hall–Kier alpha value is -3.21. The van der Waals surface area contributed by atoms with Gasteiger partial charge in [0.15, 0.2) is 0 Å². The zero-order chi connectivity index (χ0) is 21.1. The molecule has 2 heterocycles. The Morgan fingerprint density at radius 3 is 2.90 bits per heavy atom. The Balaban J connectivity index is 1.73. The van der Waals surface area contributed by atoms with Crippen LogP contribution >= 0.6 is 11.6 Å². The number of ether oxygens (including phenoxy) is 2. The van der Waals surface area contributed by atoms with Gasteiger partial charge in [-0.25, -0.2) is 25.0 Å². The quantitative estimate of drug-likeness (QED) is 0.277. The molecule has 0 radical (unpaired) electrons. The first-order chi connectivity index (χ1) is 14.5. The number of nitrogens with zero attached hydrogens (tertiary/aromatic N) is 2. The molecule has 9 nitrogen and oxygen atoms in total.